The third-order valence-electron chi connectivity index (χ3n) is 3.72. The number of benzene rings is 1. The molecule has 0 fully saturated rings. The molecular weight excluding hydrogens is 346 g/mol. The molecule has 0 bridgehead atoms. The highest BCUT2D eigenvalue weighted by atomic mass is 35.5. The minimum atomic E-state index is -0.00710. The van der Waals surface area contributed by atoms with Gasteiger partial charge in [0, 0.05) is 35.3 Å². The largest absolute Gasteiger partial charge is 0.497 e. The van der Waals surface area contributed by atoms with Crippen LogP contribution in [0.1, 0.15) is 31.2 Å². The summed E-state index contributed by atoms with van der Waals surface area (Å²) in [6.07, 6.45) is 1.85. The van der Waals surface area contributed by atoms with E-state index in [0.717, 1.165) is 35.0 Å². The van der Waals surface area contributed by atoms with Gasteiger partial charge >= 0.3 is 0 Å². The van der Waals surface area contributed by atoms with E-state index < -0.39 is 0 Å². The van der Waals surface area contributed by atoms with E-state index in [4.69, 9.17) is 15.2 Å². The SMILES string of the molecule is COc1ccc(OC)c(CN(Cc2cnc(N)s2)C(C)(C)C)c1.Cl. The van der Waals surface area contributed by atoms with E-state index in [9.17, 15) is 0 Å². The molecule has 7 heteroatoms. The maximum absolute atomic E-state index is 5.75. The van der Waals surface area contributed by atoms with Crippen LogP contribution in [-0.4, -0.2) is 29.6 Å². The van der Waals surface area contributed by atoms with E-state index in [0.29, 0.717) is 5.13 Å². The number of halogens is 1. The van der Waals surface area contributed by atoms with Gasteiger partial charge in [-0.05, 0) is 39.0 Å². The number of nitrogens with zero attached hydrogens (tertiary/aromatic N) is 2. The summed E-state index contributed by atoms with van der Waals surface area (Å²) in [5, 5.41) is 0.604. The van der Waals surface area contributed by atoms with Crippen LogP contribution in [0.4, 0.5) is 5.13 Å². The van der Waals surface area contributed by atoms with Crippen molar-refractivity contribution in [2.75, 3.05) is 20.0 Å². The summed E-state index contributed by atoms with van der Waals surface area (Å²) in [7, 11) is 3.36. The minimum absolute atomic E-state index is 0. The Morgan fingerprint density at radius 2 is 1.88 bits per heavy atom. The summed E-state index contributed by atoms with van der Waals surface area (Å²) in [6, 6.07) is 5.88. The van der Waals surface area contributed by atoms with Crippen LogP contribution < -0.4 is 15.2 Å². The van der Waals surface area contributed by atoms with Crippen LogP contribution in [-0.2, 0) is 13.1 Å². The second-order valence-electron chi connectivity index (χ2n) is 6.37. The van der Waals surface area contributed by atoms with Crippen LogP contribution in [0, 0.1) is 0 Å². The monoisotopic (exact) mass is 371 g/mol. The summed E-state index contributed by atoms with van der Waals surface area (Å²) in [4.78, 5) is 7.67. The maximum Gasteiger partial charge on any atom is 0.180 e. The van der Waals surface area contributed by atoms with Crippen molar-refractivity contribution >= 4 is 28.9 Å². The van der Waals surface area contributed by atoms with Crippen molar-refractivity contribution in [3.63, 3.8) is 0 Å². The number of hydrogen-bond donors (Lipinski definition) is 1. The second-order valence-corrected chi connectivity index (χ2v) is 7.52. The normalized spacial score (nSPS) is 11.2. The Balaban J connectivity index is 0.00000288. The molecule has 0 saturated heterocycles. The molecule has 0 spiro atoms. The zero-order valence-electron chi connectivity index (χ0n) is 14.8. The van der Waals surface area contributed by atoms with Crippen molar-refractivity contribution in [3.05, 3.63) is 34.8 Å². The lowest BCUT2D eigenvalue weighted by molar-refractivity contribution is 0.118. The van der Waals surface area contributed by atoms with Gasteiger partial charge in [-0.25, -0.2) is 4.98 Å². The molecule has 2 aromatic rings. The molecule has 5 nitrogen and oxygen atoms in total. The third kappa shape index (κ3) is 5.26. The topological polar surface area (TPSA) is 60.6 Å². The minimum Gasteiger partial charge on any atom is -0.497 e. The van der Waals surface area contributed by atoms with Crippen LogP contribution in [0.3, 0.4) is 0 Å². The lowest BCUT2D eigenvalue weighted by Crippen LogP contribution is -2.40. The first-order valence-electron chi connectivity index (χ1n) is 7.49. The standard InChI is InChI=1S/C17H25N3O2S.ClH/c1-17(2,3)20(11-14-9-19-16(18)23-14)10-12-8-13(21-4)6-7-15(12)22-5;/h6-9H,10-11H2,1-5H3,(H2,18,19);1H. The molecule has 0 unspecified atom stereocenters. The fourth-order valence-corrected chi connectivity index (χ4v) is 3.03. The lowest BCUT2D eigenvalue weighted by atomic mass is 10.0. The molecule has 1 heterocycles. The van der Waals surface area contributed by atoms with Crippen LogP contribution in [0.15, 0.2) is 24.4 Å². The smallest absolute Gasteiger partial charge is 0.180 e. The highest BCUT2D eigenvalue weighted by Crippen LogP contribution is 2.29. The second kappa shape index (κ2) is 8.55. The van der Waals surface area contributed by atoms with E-state index in [1.165, 1.54) is 11.3 Å². The molecule has 0 radical (unpaired) electrons. The van der Waals surface area contributed by atoms with Gasteiger partial charge < -0.3 is 15.2 Å². The van der Waals surface area contributed by atoms with Crippen molar-refractivity contribution in [2.24, 2.45) is 0 Å². The Morgan fingerprint density at radius 1 is 1.17 bits per heavy atom. The molecule has 2 rings (SSSR count). The van der Waals surface area contributed by atoms with Gasteiger partial charge in [0.2, 0.25) is 0 Å². The fraction of sp³-hybridized carbons (Fsp3) is 0.471. The summed E-state index contributed by atoms with van der Waals surface area (Å²) in [5.41, 5.74) is 6.84. The average molecular weight is 372 g/mol. The fourth-order valence-electron chi connectivity index (χ4n) is 2.33. The van der Waals surface area contributed by atoms with Crippen molar-refractivity contribution in [1.29, 1.82) is 0 Å². The zero-order valence-corrected chi connectivity index (χ0v) is 16.5. The number of methoxy groups -OCH3 is 2. The maximum atomic E-state index is 5.75. The van der Waals surface area contributed by atoms with Gasteiger partial charge in [-0.3, -0.25) is 4.90 Å². The lowest BCUT2D eigenvalue weighted by Gasteiger charge is -2.35. The van der Waals surface area contributed by atoms with E-state index in [-0.39, 0.29) is 17.9 Å². The molecule has 1 aromatic heterocycles. The van der Waals surface area contributed by atoms with Crippen molar-refractivity contribution < 1.29 is 9.47 Å². The summed E-state index contributed by atoms with van der Waals surface area (Å²) in [5.74, 6) is 1.69. The van der Waals surface area contributed by atoms with Gasteiger partial charge in [-0.15, -0.1) is 23.7 Å². The average Bonchev–Trinajstić information content (AvgIpc) is 2.90. The summed E-state index contributed by atoms with van der Waals surface area (Å²) in [6.45, 7) is 8.14. The van der Waals surface area contributed by atoms with E-state index >= 15 is 0 Å². The number of nitrogens with two attached hydrogens (primary N) is 1. The number of anilines is 1. The molecule has 2 N–H and O–H groups in total. The molecule has 0 aliphatic carbocycles. The summed E-state index contributed by atoms with van der Waals surface area (Å²) >= 11 is 1.53. The van der Waals surface area contributed by atoms with Crippen molar-refractivity contribution in [3.8, 4) is 11.5 Å². The predicted molar refractivity (Wildman–Crippen MR) is 102 cm³/mol. The number of thiazole rings is 1. The van der Waals surface area contributed by atoms with Gasteiger partial charge in [0.05, 0.1) is 14.2 Å². The van der Waals surface area contributed by atoms with Crippen LogP contribution in [0.2, 0.25) is 0 Å². The predicted octanol–water partition coefficient (Wildman–Crippen LogP) is 3.97. The van der Waals surface area contributed by atoms with Crippen LogP contribution in [0.25, 0.3) is 0 Å². The van der Waals surface area contributed by atoms with Gasteiger partial charge in [0.15, 0.2) is 5.13 Å². The van der Waals surface area contributed by atoms with Gasteiger partial charge in [-0.1, -0.05) is 0 Å². The molecule has 0 saturated carbocycles. The number of ether oxygens (including phenoxy) is 2. The molecule has 0 atom stereocenters. The van der Waals surface area contributed by atoms with Crippen LogP contribution in [0.5, 0.6) is 11.5 Å². The molecule has 24 heavy (non-hydrogen) atoms. The molecule has 1 aromatic carbocycles. The van der Waals surface area contributed by atoms with E-state index in [1.807, 2.05) is 24.4 Å². The highest BCUT2D eigenvalue weighted by Gasteiger charge is 2.24. The number of nitrogen functional groups attached to an aromatic ring is 1. The number of hydrogen-bond acceptors (Lipinski definition) is 6. The summed E-state index contributed by atoms with van der Waals surface area (Å²) < 4.78 is 10.8. The Bertz CT molecular complexity index is 656. The highest BCUT2D eigenvalue weighted by molar-refractivity contribution is 7.15. The first-order valence-corrected chi connectivity index (χ1v) is 8.31. The quantitative estimate of drug-likeness (QED) is 0.832. The van der Waals surface area contributed by atoms with Crippen molar-refractivity contribution in [2.45, 2.75) is 39.4 Å². The van der Waals surface area contributed by atoms with E-state index in [2.05, 4.69) is 30.7 Å². The number of aromatic nitrogens is 1. The van der Waals surface area contributed by atoms with Gasteiger partial charge in [-0.2, -0.15) is 0 Å². The molecule has 0 amide bonds. The Labute approximate surface area is 154 Å². The molecule has 0 aliphatic heterocycles. The van der Waals surface area contributed by atoms with Crippen LogP contribution >= 0.6 is 23.7 Å². The molecular formula is C17H26ClN3O2S. The first-order chi connectivity index (χ1) is 10.8. The van der Waals surface area contributed by atoms with Gasteiger partial charge in [0.25, 0.3) is 0 Å². The Kier molecular flexibility index (Phi) is 7.32. The molecule has 134 valence electrons. The van der Waals surface area contributed by atoms with E-state index in [1.54, 1.807) is 14.2 Å². The van der Waals surface area contributed by atoms with Gasteiger partial charge in [0.1, 0.15) is 11.5 Å². The zero-order chi connectivity index (χ0) is 17.0. The third-order valence-corrected chi connectivity index (χ3v) is 4.53. The number of rotatable bonds is 6. The Morgan fingerprint density at radius 3 is 2.38 bits per heavy atom. The van der Waals surface area contributed by atoms with Crippen molar-refractivity contribution in [1.82, 2.24) is 9.88 Å². The first kappa shape index (κ1) is 20.5. The Hall–Kier alpha value is -1.50. The molecule has 0 aliphatic rings.